The molecule has 0 radical (unpaired) electrons. The minimum Gasteiger partial charge on any atom is -0.465 e. The Morgan fingerprint density at radius 3 is 2.36 bits per heavy atom. The maximum absolute atomic E-state index is 13.1. The van der Waals surface area contributed by atoms with Crippen LogP contribution in [0.5, 0.6) is 0 Å². The number of likely N-dealkylation sites (N-methyl/N-ethyl adjacent to an activating group) is 1. The number of esters is 1. The molecule has 0 spiro atoms. The van der Waals surface area contributed by atoms with Crippen molar-refractivity contribution >= 4 is 50.6 Å². The third kappa shape index (κ3) is 5.78. The summed E-state index contributed by atoms with van der Waals surface area (Å²) in [6.45, 7) is 9.73. The average molecular weight is 556 g/mol. The second-order valence-electron chi connectivity index (χ2n) is 9.56. The van der Waals surface area contributed by atoms with Gasteiger partial charge in [0.2, 0.25) is 10.0 Å². The second-order valence-corrected chi connectivity index (χ2v) is 12.6. The fourth-order valence-corrected chi connectivity index (χ4v) is 7.99. The van der Waals surface area contributed by atoms with Gasteiger partial charge in [-0.05, 0) is 61.1 Å². The van der Waals surface area contributed by atoms with E-state index < -0.39 is 21.9 Å². The monoisotopic (exact) mass is 555 g/mol. The van der Waals surface area contributed by atoms with E-state index >= 15 is 0 Å². The highest BCUT2D eigenvalue weighted by Gasteiger charge is 2.32. The Kier molecular flexibility index (Phi) is 9.21. The van der Waals surface area contributed by atoms with Crippen LogP contribution < -0.4 is 5.32 Å². The Bertz CT molecular complexity index is 1200. The van der Waals surface area contributed by atoms with Crippen molar-refractivity contribution < 1.29 is 22.7 Å². The molecule has 1 amide bonds. The number of fused-ring (bicyclic) bond motifs is 1. The fraction of sp³-hybridized carbons (Fsp3) is 0.520. The number of hydrogen-bond donors (Lipinski definition) is 1. The topological polar surface area (TPSA) is 96.0 Å². The number of anilines is 1. The number of nitrogens with one attached hydrogen (secondary N) is 1. The molecule has 0 aliphatic carbocycles. The largest absolute Gasteiger partial charge is 0.465 e. The summed E-state index contributed by atoms with van der Waals surface area (Å²) in [6, 6.07) is 5.99. The number of amides is 1. The number of piperidine rings is 1. The molecule has 2 atom stereocenters. The van der Waals surface area contributed by atoms with E-state index in [1.54, 1.807) is 4.31 Å². The van der Waals surface area contributed by atoms with Crippen LogP contribution in [0.1, 0.15) is 58.3 Å². The summed E-state index contributed by atoms with van der Waals surface area (Å²) in [5.74, 6) is -0.244. The van der Waals surface area contributed by atoms with Gasteiger partial charge in [-0.3, -0.25) is 9.69 Å². The van der Waals surface area contributed by atoms with Crippen molar-refractivity contribution in [3.8, 4) is 0 Å². The average Bonchev–Trinajstić information content (AvgIpc) is 3.19. The Labute approximate surface area is 223 Å². The van der Waals surface area contributed by atoms with Gasteiger partial charge < -0.3 is 10.1 Å². The molecular formula is C25H34ClN3O5S2. The van der Waals surface area contributed by atoms with E-state index in [1.807, 2.05) is 0 Å². The molecule has 2 aliphatic rings. The SMILES string of the molecule is CCN1CCc2c(sc(NC(=O)c3ccc(S(=O)(=O)N4CC(C)CC(C)C4)cc3)c2C(=O)OC)C1.Cl. The summed E-state index contributed by atoms with van der Waals surface area (Å²) >= 11 is 1.40. The van der Waals surface area contributed by atoms with Crippen molar-refractivity contribution in [1.29, 1.82) is 0 Å². The predicted molar refractivity (Wildman–Crippen MR) is 144 cm³/mol. The van der Waals surface area contributed by atoms with E-state index in [1.165, 1.54) is 42.7 Å². The second kappa shape index (κ2) is 11.6. The summed E-state index contributed by atoms with van der Waals surface area (Å²) in [6.07, 6.45) is 1.74. The molecule has 3 heterocycles. The highest BCUT2D eigenvalue weighted by atomic mass is 35.5. The van der Waals surface area contributed by atoms with Crippen LogP contribution in [0.4, 0.5) is 5.00 Å². The number of nitrogens with zero attached hydrogens (tertiary/aromatic N) is 2. The van der Waals surface area contributed by atoms with Gasteiger partial charge in [-0.25, -0.2) is 13.2 Å². The summed E-state index contributed by atoms with van der Waals surface area (Å²) in [5.41, 5.74) is 1.68. The number of thiophene rings is 1. The van der Waals surface area contributed by atoms with E-state index in [4.69, 9.17) is 4.74 Å². The standard InChI is InChI=1S/C25H33N3O5S2.ClH/c1-5-27-11-10-20-21(15-27)34-24(22(20)25(30)33-4)26-23(29)18-6-8-19(9-7-18)35(31,32)28-13-16(2)12-17(3)14-28;/h6-9,16-17H,5,10-15H2,1-4H3,(H,26,29);1H. The summed E-state index contributed by atoms with van der Waals surface area (Å²) < 4.78 is 32.8. The number of benzene rings is 1. The lowest BCUT2D eigenvalue weighted by Crippen LogP contribution is -2.42. The van der Waals surface area contributed by atoms with Gasteiger partial charge in [0.05, 0.1) is 17.6 Å². The lowest BCUT2D eigenvalue weighted by atomic mass is 9.94. The lowest BCUT2D eigenvalue weighted by Gasteiger charge is -2.34. The lowest BCUT2D eigenvalue weighted by molar-refractivity contribution is 0.0600. The number of carbonyl (C=O) groups is 2. The number of sulfonamides is 1. The van der Waals surface area contributed by atoms with Crippen molar-refractivity contribution in [1.82, 2.24) is 9.21 Å². The molecule has 1 fully saturated rings. The van der Waals surface area contributed by atoms with E-state index in [-0.39, 0.29) is 17.3 Å². The Hall–Kier alpha value is -1.98. The molecule has 1 aromatic heterocycles. The molecule has 8 nitrogen and oxygen atoms in total. The molecule has 0 bridgehead atoms. The van der Waals surface area contributed by atoms with E-state index in [2.05, 4.69) is 31.0 Å². The first-order valence-corrected chi connectivity index (χ1v) is 14.3. The van der Waals surface area contributed by atoms with Crippen LogP contribution in [0.25, 0.3) is 0 Å². The fourth-order valence-electron chi connectivity index (χ4n) is 5.04. The molecular weight excluding hydrogens is 522 g/mol. The first-order chi connectivity index (χ1) is 16.6. The van der Waals surface area contributed by atoms with Crippen molar-refractivity contribution in [3.63, 3.8) is 0 Å². The van der Waals surface area contributed by atoms with Gasteiger partial charge in [-0.15, -0.1) is 23.7 Å². The molecule has 2 aliphatic heterocycles. The van der Waals surface area contributed by atoms with Crippen molar-refractivity contribution in [2.75, 3.05) is 38.6 Å². The highest BCUT2D eigenvalue weighted by Crippen LogP contribution is 2.38. The number of hydrogen-bond acceptors (Lipinski definition) is 7. The predicted octanol–water partition coefficient (Wildman–Crippen LogP) is 4.25. The van der Waals surface area contributed by atoms with Crippen LogP contribution in [0.2, 0.25) is 0 Å². The highest BCUT2D eigenvalue weighted by molar-refractivity contribution is 7.89. The van der Waals surface area contributed by atoms with Crippen LogP contribution in [0.3, 0.4) is 0 Å². The van der Waals surface area contributed by atoms with E-state index in [9.17, 15) is 18.0 Å². The third-order valence-corrected chi connectivity index (χ3v) is 9.77. The van der Waals surface area contributed by atoms with E-state index in [0.29, 0.717) is 41.1 Å². The summed E-state index contributed by atoms with van der Waals surface area (Å²) in [5, 5.41) is 3.34. The van der Waals surface area contributed by atoms with Gasteiger partial charge >= 0.3 is 5.97 Å². The Morgan fingerprint density at radius 2 is 1.78 bits per heavy atom. The Balaban J connectivity index is 0.00000361. The van der Waals surface area contributed by atoms with Crippen molar-refractivity contribution in [2.24, 2.45) is 11.8 Å². The van der Waals surface area contributed by atoms with Gasteiger partial charge in [0.25, 0.3) is 5.91 Å². The molecule has 2 unspecified atom stereocenters. The minimum atomic E-state index is -3.62. The molecule has 1 N–H and O–H groups in total. The molecule has 11 heteroatoms. The summed E-state index contributed by atoms with van der Waals surface area (Å²) in [4.78, 5) is 29.1. The van der Waals surface area contributed by atoms with Crippen LogP contribution in [0.15, 0.2) is 29.2 Å². The van der Waals surface area contributed by atoms with Gasteiger partial charge in [0.15, 0.2) is 0 Å². The molecule has 4 rings (SSSR count). The first kappa shape index (κ1) is 28.6. The summed E-state index contributed by atoms with van der Waals surface area (Å²) in [7, 11) is -2.29. The number of ether oxygens (including phenoxy) is 1. The van der Waals surface area contributed by atoms with Gasteiger partial charge in [-0.1, -0.05) is 20.8 Å². The minimum absolute atomic E-state index is 0. The van der Waals surface area contributed by atoms with Crippen LogP contribution in [0, 0.1) is 11.8 Å². The van der Waals surface area contributed by atoms with Crippen LogP contribution >= 0.6 is 23.7 Å². The van der Waals surface area contributed by atoms with Crippen LogP contribution in [-0.4, -0.2) is 62.8 Å². The zero-order chi connectivity index (χ0) is 25.3. The van der Waals surface area contributed by atoms with E-state index in [0.717, 1.165) is 42.9 Å². The molecule has 36 heavy (non-hydrogen) atoms. The normalized spacial score (nSPS) is 20.8. The van der Waals surface area contributed by atoms with Gasteiger partial charge in [0, 0.05) is 36.6 Å². The first-order valence-electron chi connectivity index (χ1n) is 12.0. The van der Waals surface area contributed by atoms with Gasteiger partial charge in [0.1, 0.15) is 5.00 Å². The zero-order valence-corrected chi connectivity index (χ0v) is 23.5. The number of methoxy groups -OCH3 is 1. The molecule has 1 saturated heterocycles. The van der Waals surface area contributed by atoms with Crippen molar-refractivity contribution in [3.05, 3.63) is 45.8 Å². The third-order valence-electron chi connectivity index (χ3n) is 6.79. The molecule has 0 saturated carbocycles. The number of carbonyl (C=O) groups excluding carboxylic acids is 2. The van der Waals surface area contributed by atoms with Crippen LogP contribution in [-0.2, 0) is 27.7 Å². The molecule has 2 aromatic rings. The maximum atomic E-state index is 13.1. The number of halogens is 1. The van der Waals surface area contributed by atoms with Crippen molar-refractivity contribution in [2.45, 2.75) is 45.1 Å². The quantitative estimate of drug-likeness (QED) is 0.535. The van der Waals surface area contributed by atoms with Gasteiger partial charge in [-0.2, -0.15) is 4.31 Å². The molecule has 198 valence electrons. The molecule has 1 aromatic carbocycles. The smallest absolute Gasteiger partial charge is 0.341 e. The number of rotatable bonds is 6. The Morgan fingerprint density at radius 1 is 1.14 bits per heavy atom. The zero-order valence-electron chi connectivity index (χ0n) is 21.1. The maximum Gasteiger partial charge on any atom is 0.341 e.